The van der Waals surface area contributed by atoms with Gasteiger partial charge in [-0.15, -0.1) is 0 Å². The minimum atomic E-state index is -3.71. The Hall–Kier alpha value is -2.32. The Morgan fingerprint density at radius 2 is 1.54 bits per heavy atom. The van der Waals surface area contributed by atoms with E-state index in [1.165, 1.54) is 12.1 Å². The fraction of sp³-hybridized carbons (Fsp3) is 0.278. The number of alkyl halides is 2. The molecule has 0 heterocycles. The number of hydrogen-bond acceptors (Lipinski definition) is 3. The summed E-state index contributed by atoms with van der Waals surface area (Å²) in [7, 11) is -3.71. The van der Waals surface area contributed by atoms with Gasteiger partial charge in [-0.3, -0.25) is 4.79 Å². The number of rotatable bonds is 6. The third-order valence-electron chi connectivity index (χ3n) is 3.16. The number of hydrogen-bond donors (Lipinski definition) is 2. The van der Waals surface area contributed by atoms with Gasteiger partial charge in [0.2, 0.25) is 10.0 Å². The number of nitrogens with one attached hydrogen (secondary N) is 2. The van der Waals surface area contributed by atoms with Gasteiger partial charge in [0, 0.05) is 16.8 Å². The lowest BCUT2D eigenvalue weighted by Gasteiger charge is -2.17. The molecule has 2 N–H and O–H groups in total. The number of carbonyl (C=O) groups is 1. The van der Waals surface area contributed by atoms with Gasteiger partial charge < -0.3 is 5.32 Å². The highest BCUT2D eigenvalue weighted by Gasteiger charge is 2.32. The smallest absolute Gasteiger partial charge is 0.286 e. The zero-order valence-electron chi connectivity index (χ0n) is 14.8. The first kappa shape index (κ1) is 21.7. The summed E-state index contributed by atoms with van der Waals surface area (Å²) in [6, 6.07) is 13.4. The van der Waals surface area contributed by atoms with Crippen LogP contribution in [0.4, 0.5) is 14.5 Å². The van der Waals surface area contributed by atoms with E-state index in [2.05, 4.69) is 5.32 Å². The van der Waals surface area contributed by atoms with Crippen LogP contribution in [0.3, 0.4) is 0 Å². The molecule has 26 heavy (non-hydrogen) atoms. The molecule has 0 saturated carbocycles. The van der Waals surface area contributed by atoms with E-state index in [0.717, 1.165) is 18.4 Å². The van der Waals surface area contributed by atoms with Gasteiger partial charge in [-0.25, -0.2) is 13.1 Å². The predicted octanol–water partition coefficient (Wildman–Crippen LogP) is 3.61. The normalized spacial score (nSPS) is 11.3. The molecule has 2 aromatic carbocycles. The monoisotopic (exact) mass is 384 g/mol. The molecule has 5 nitrogen and oxygen atoms in total. The van der Waals surface area contributed by atoms with Crippen molar-refractivity contribution < 1.29 is 22.0 Å². The molecule has 0 aromatic heterocycles. The molecule has 0 unspecified atom stereocenters. The lowest BCUT2D eigenvalue weighted by molar-refractivity contribution is 0.00215. The Morgan fingerprint density at radius 3 is 2.04 bits per heavy atom. The maximum Gasteiger partial charge on any atom is 0.286 e. The molecule has 0 saturated heterocycles. The predicted molar refractivity (Wildman–Crippen MR) is 98.9 cm³/mol. The summed E-state index contributed by atoms with van der Waals surface area (Å²) in [4.78, 5) is 12.0. The van der Waals surface area contributed by atoms with Gasteiger partial charge in [-0.05, 0) is 24.3 Å². The van der Waals surface area contributed by atoms with Gasteiger partial charge in [0.15, 0.2) is 0 Å². The summed E-state index contributed by atoms with van der Waals surface area (Å²) >= 11 is 0. The standard InChI is InChI=1S/C16H16F2N2O3S.C2H6/c1-24(22,23)19-11-16(17,18)13-7-9-14(10-8-13)20-15(21)12-5-3-2-4-6-12;1-2/h2-10,19H,11H2,1H3,(H,20,21);1-2H3. The molecule has 0 radical (unpaired) electrons. The number of halogens is 2. The first-order valence-corrected chi connectivity index (χ1v) is 9.86. The molecule has 2 rings (SSSR count). The molecular formula is C18H22F2N2O3S. The molecule has 0 aliphatic rings. The molecule has 2 aromatic rings. The third-order valence-corrected chi connectivity index (χ3v) is 3.83. The Kier molecular flexibility index (Phi) is 7.85. The molecule has 8 heteroatoms. The van der Waals surface area contributed by atoms with Crippen LogP contribution < -0.4 is 10.0 Å². The summed E-state index contributed by atoms with van der Waals surface area (Å²) in [6.45, 7) is 2.97. The molecule has 0 aliphatic heterocycles. The largest absolute Gasteiger partial charge is 0.322 e. The van der Waals surface area contributed by atoms with Crippen molar-refractivity contribution in [2.75, 3.05) is 18.1 Å². The van der Waals surface area contributed by atoms with Crippen molar-refractivity contribution in [1.82, 2.24) is 4.72 Å². The van der Waals surface area contributed by atoms with Crippen LogP contribution in [0.1, 0.15) is 29.8 Å². The van der Waals surface area contributed by atoms with Crippen molar-refractivity contribution in [2.24, 2.45) is 0 Å². The van der Waals surface area contributed by atoms with Crippen molar-refractivity contribution >= 4 is 21.6 Å². The minimum Gasteiger partial charge on any atom is -0.322 e. The highest BCUT2D eigenvalue weighted by Crippen LogP contribution is 2.28. The number of anilines is 1. The topological polar surface area (TPSA) is 75.3 Å². The zero-order valence-corrected chi connectivity index (χ0v) is 15.6. The van der Waals surface area contributed by atoms with E-state index in [4.69, 9.17) is 0 Å². The van der Waals surface area contributed by atoms with Gasteiger partial charge in [0.05, 0.1) is 12.8 Å². The Morgan fingerprint density at radius 1 is 1.00 bits per heavy atom. The highest BCUT2D eigenvalue weighted by molar-refractivity contribution is 7.88. The van der Waals surface area contributed by atoms with Crippen molar-refractivity contribution in [3.05, 3.63) is 65.7 Å². The van der Waals surface area contributed by atoms with E-state index < -0.39 is 22.5 Å². The van der Waals surface area contributed by atoms with E-state index in [1.807, 2.05) is 13.8 Å². The van der Waals surface area contributed by atoms with Crippen LogP contribution in [0.2, 0.25) is 0 Å². The first-order chi connectivity index (χ1) is 12.2. The van der Waals surface area contributed by atoms with Crippen LogP contribution >= 0.6 is 0 Å². The van der Waals surface area contributed by atoms with Crippen molar-refractivity contribution in [3.63, 3.8) is 0 Å². The van der Waals surface area contributed by atoms with Gasteiger partial charge in [0.25, 0.3) is 11.8 Å². The maximum absolute atomic E-state index is 13.9. The third kappa shape index (κ3) is 6.89. The number of sulfonamides is 1. The second kappa shape index (κ2) is 9.40. The van der Waals surface area contributed by atoms with Crippen molar-refractivity contribution in [2.45, 2.75) is 19.8 Å². The Labute approximate surface area is 152 Å². The summed E-state index contributed by atoms with van der Waals surface area (Å²) < 4.78 is 51.5. The summed E-state index contributed by atoms with van der Waals surface area (Å²) in [5.41, 5.74) is 0.458. The minimum absolute atomic E-state index is 0.351. The fourth-order valence-electron chi connectivity index (χ4n) is 1.91. The van der Waals surface area contributed by atoms with Crippen LogP contribution in [-0.2, 0) is 15.9 Å². The molecular weight excluding hydrogens is 362 g/mol. The van der Waals surface area contributed by atoms with Crippen LogP contribution in [0.25, 0.3) is 0 Å². The highest BCUT2D eigenvalue weighted by atomic mass is 32.2. The molecule has 0 bridgehead atoms. The van der Waals surface area contributed by atoms with Gasteiger partial charge in [-0.1, -0.05) is 44.2 Å². The lowest BCUT2D eigenvalue weighted by Crippen LogP contribution is -2.34. The van der Waals surface area contributed by atoms with Crippen LogP contribution in [-0.4, -0.2) is 27.1 Å². The van der Waals surface area contributed by atoms with Crippen LogP contribution in [0.5, 0.6) is 0 Å². The molecule has 0 fully saturated rings. The second-order valence-corrected chi connectivity index (χ2v) is 7.03. The molecule has 0 atom stereocenters. The van der Waals surface area contributed by atoms with Gasteiger partial charge in [0.1, 0.15) is 0 Å². The SMILES string of the molecule is CC.CS(=O)(=O)NCC(F)(F)c1ccc(NC(=O)c2ccccc2)cc1. The lowest BCUT2D eigenvalue weighted by atomic mass is 10.1. The Balaban J connectivity index is 0.00000163. The van der Waals surface area contributed by atoms with Crippen molar-refractivity contribution in [3.8, 4) is 0 Å². The first-order valence-electron chi connectivity index (χ1n) is 7.97. The van der Waals surface area contributed by atoms with Crippen molar-refractivity contribution in [1.29, 1.82) is 0 Å². The second-order valence-electron chi connectivity index (χ2n) is 5.20. The van der Waals surface area contributed by atoms with E-state index in [-0.39, 0.29) is 11.5 Å². The summed E-state index contributed by atoms with van der Waals surface area (Å²) in [6.07, 6.45) is 0.811. The average Bonchev–Trinajstić information content (AvgIpc) is 2.62. The summed E-state index contributed by atoms with van der Waals surface area (Å²) in [5, 5.41) is 2.60. The van der Waals surface area contributed by atoms with Gasteiger partial charge >= 0.3 is 0 Å². The molecule has 0 spiro atoms. The quantitative estimate of drug-likeness (QED) is 0.799. The number of benzene rings is 2. The molecule has 1 amide bonds. The number of carbonyl (C=O) groups excluding carboxylic acids is 1. The maximum atomic E-state index is 13.9. The van der Waals surface area contributed by atoms with E-state index in [0.29, 0.717) is 11.3 Å². The molecule has 142 valence electrons. The van der Waals surface area contributed by atoms with E-state index >= 15 is 0 Å². The average molecular weight is 384 g/mol. The fourth-order valence-corrected chi connectivity index (χ4v) is 2.36. The number of amides is 1. The van der Waals surface area contributed by atoms with E-state index in [9.17, 15) is 22.0 Å². The zero-order chi connectivity index (χ0) is 19.8. The Bertz CT molecular complexity index is 808. The van der Waals surface area contributed by atoms with Gasteiger partial charge in [-0.2, -0.15) is 8.78 Å². The van der Waals surface area contributed by atoms with Crippen LogP contribution in [0, 0.1) is 0 Å². The molecule has 0 aliphatic carbocycles. The van der Waals surface area contributed by atoms with Crippen LogP contribution in [0.15, 0.2) is 54.6 Å². The summed E-state index contributed by atoms with van der Waals surface area (Å²) in [5.74, 6) is -3.71. The van der Waals surface area contributed by atoms with E-state index in [1.54, 1.807) is 35.1 Å².